The molecule has 0 bridgehead atoms. The van der Waals surface area contributed by atoms with Crippen molar-refractivity contribution in [1.82, 2.24) is 29.6 Å². The Morgan fingerprint density at radius 2 is 1.76 bits per heavy atom. The number of pyridine rings is 1. The molecule has 0 saturated heterocycles. The van der Waals surface area contributed by atoms with Gasteiger partial charge in [0.25, 0.3) is 5.91 Å². The molecule has 3 aromatic heterocycles. The number of fused-ring (bicyclic) bond motifs is 3. The van der Waals surface area contributed by atoms with Crippen molar-refractivity contribution >= 4 is 40.4 Å². The molecule has 34 heavy (non-hydrogen) atoms. The van der Waals surface area contributed by atoms with Gasteiger partial charge >= 0.3 is 0 Å². The molecule has 9 heteroatoms. The van der Waals surface area contributed by atoms with Crippen LogP contribution in [0.1, 0.15) is 18.0 Å². The van der Waals surface area contributed by atoms with Crippen LogP contribution < -0.4 is 0 Å². The van der Waals surface area contributed by atoms with Crippen molar-refractivity contribution in [2.75, 3.05) is 5.75 Å². The number of rotatable bonds is 5. The molecule has 5 aromatic rings. The molecule has 1 aliphatic rings. The Bertz CT molecular complexity index is 1520. The number of amides is 1. The highest BCUT2D eigenvalue weighted by atomic mass is 32.2. The number of carbonyl (C=O) groups excluding carboxylic acids is 1. The average molecular weight is 466 g/mol. The van der Waals surface area contributed by atoms with E-state index in [1.807, 2.05) is 66.7 Å². The Labute approximate surface area is 199 Å². The first-order chi connectivity index (χ1) is 16.8. The van der Waals surface area contributed by atoms with Crippen LogP contribution >= 0.6 is 11.8 Å². The lowest BCUT2D eigenvalue weighted by molar-refractivity contribution is -0.130. The molecule has 4 heterocycles. The molecule has 0 radical (unpaired) electrons. The lowest BCUT2D eigenvalue weighted by atomic mass is 10.0. The summed E-state index contributed by atoms with van der Waals surface area (Å²) in [6, 6.07) is 21.5. The van der Waals surface area contributed by atoms with Crippen molar-refractivity contribution in [3.05, 3.63) is 84.7 Å². The Morgan fingerprint density at radius 3 is 2.62 bits per heavy atom. The molecule has 0 saturated carbocycles. The summed E-state index contributed by atoms with van der Waals surface area (Å²) in [4.78, 5) is 26.8. The maximum atomic E-state index is 13.1. The summed E-state index contributed by atoms with van der Waals surface area (Å²) in [5, 5.41) is 12.1. The Hall–Kier alpha value is -4.11. The number of aromatic nitrogens is 5. The topological polar surface area (TPSA) is 88.6 Å². The minimum Gasteiger partial charge on any atom is -0.272 e. The van der Waals surface area contributed by atoms with E-state index in [4.69, 9.17) is 15.1 Å². The highest BCUT2D eigenvalue weighted by Crippen LogP contribution is 2.30. The number of hydrazone groups is 1. The SMILES string of the molecule is O=C(CSc1nc2ccccc2c2nc(-c3ccncc3)nn12)N1N=CC[C@H]1c1ccccc1. The second-order valence-electron chi connectivity index (χ2n) is 7.81. The molecule has 6 rings (SSSR count). The zero-order chi connectivity index (χ0) is 22.9. The minimum absolute atomic E-state index is 0.0785. The number of hydrogen-bond acceptors (Lipinski definition) is 7. The van der Waals surface area contributed by atoms with Gasteiger partial charge in [-0.1, -0.05) is 54.2 Å². The molecule has 1 aliphatic heterocycles. The first-order valence-corrected chi connectivity index (χ1v) is 11.8. The molecule has 1 amide bonds. The van der Waals surface area contributed by atoms with Gasteiger partial charge < -0.3 is 0 Å². The summed E-state index contributed by atoms with van der Waals surface area (Å²) in [6.07, 6.45) is 5.93. The van der Waals surface area contributed by atoms with Gasteiger partial charge in [0.15, 0.2) is 16.6 Å². The molecule has 1 atom stereocenters. The van der Waals surface area contributed by atoms with E-state index in [0.717, 1.165) is 22.0 Å². The fourth-order valence-electron chi connectivity index (χ4n) is 4.05. The van der Waals surface area contributed by atoms with Gasteiger partial charge in [0.1, 0.15) is 0 Å². The van der Waals surface area contributed by atoms with E-state index in [1.165, 1.54) is 11.8 Å². The van der Waals surface area contributed by atoms with Crippen LogP contribution in [0.15, 0.2) is 89.4 Å². The third kappa shape index (κ3) is 3.69. The summed E-state index contributed by atoms with van der Waals surface area (Å²) >= 11 is 1.34. The Kier molecular flexibility index (Phi) is 5.23. The Balaban J connectivity index is 1.32. The quantitative estimate of drug-likeness (QED) is 0.283. The predicted octanol–water partition coefficient (Wildman–Crippen LogP) is 4.39. The van der Waals surface area contributed by atoms with Crippen LogP contribution in [0.3, 0.4) is 0 Å². The molecule has 0 aliphatic carbocycles. The summed E-state index contributed by atoms with van der Waals surface area (Å²) < 4.78 is 1.72. The normalized spacial score (nSPS) is 15.4. The van der Waals surface area contributed by atoms with Crippen molar-refractivity contribution in [1.29, 1.82) is 0 Å². The number of carbonyl (C=O) groups is 1. The maximum Gasteiger partial charge on any atom is 0.253 e. The number of thioether (sulfide) groups is 1. The first-order valence-electron chi connectivity index (χ1n) is 10.9. The molecule has 0 N–H and O–H groups in total. The van der Waals surface area contributed by atoms with Crippen molar-refractivity contribution < 1.29 is 4.79 Å². The highest BCUT2D eigenvalue weighted by Gasteiger charge is 2.28. The predicted molar refractivity (Wildman–Crippen MR) is 131 cm³/mol. The van der Waals surface area contributed by atoms with E-state index in [0.29, 0.717) is 23.0 Å². The zero-order valence-corrected chi connectivity index (χ0v) is 18.8. The van der Waals surface area contributed by atoms with Gasteiger partial charge in [-0.15, -0.1) is 5.10 Å². The van der Waals surface area contributed by atoms with Crippen molar-refractivity contribution in [3.63, 3.8) is 0 Å². The minimum atomic E-state index is -0.0801. The third-order valence-corrected chi connectivity index (χ3v) is 6.60. The van der Waals surface area contributed by atoms with E-state index in [1.54, 1.807) is 28.1 Å². The van der Waals surface area contributed by atoms with E-state index < -0.39 is 0 Å². The molecular formula is C25H19N7OS. The lowest BCUT2D eigenvalue weighted by Crippen LogP contribution is -2.28. The summed E-state index contributed by atoms with van der Waals surface area (Å²) in [5.74, 6) is 0.693. The van der Waals surface area contributed by atoms with Crippen LogP contribution in [0.2, 0.25) is 0 Å². The van der Waals surface area contributed by atoms with Crippen molar-refractivity contribution in [2.45, 2.75) is 17.6 Å². The largest absolute Gasteiger partial charge is 0.272 e. The molecule has 8 nitrogen and oxygen atoms in total. The van der Waals surface area contributed by atoms with Crippen LogP contribution in [0.5, 0.6) is 0 Å². The van der Waals surface area contributed by atoms with Crippen LogP contribution in [-0.4, -0.2) is 47.4 Å². The van der Waals surface area contributed by atoms with E-state index in [9.17, 15) is 4.79 Å². The fraction of sp³-hybridized carbons (Fsp3) is 0.120. The van der Waals surface area contributed by atoms with Crippen molar-refractivity contribution in [3.8, 4) is 11.4 Å². The number of para-hydroxylation sites is 1. The zero-order valence-electron chi connectivity index (χ0n) is 18.0. The van der Waals surface area contributed by atoms with Gasteiger partial charge in [-0.25, -0.2) is 15.0 Å². The number of benzene rings is 2. The summed E-state index contributed by atoms with van der Waals surface area (Å²) in [6.45, 7) is 0. The monoisotopic (exact) mass is 465 g/mol. The number of hydrogen-bond donors (Lipinski definition) is 0. The second kappa shape index (κ2) is 8.68. The van der Waals surface area contributed by atoms with Crippen molar-refractivity contribution in [2.24, 2.45) is 5.10 Å². The summed E-state index contributed by atoms with van der Waals surface area (Å²) in [7, 11) is 0. The second-order valence-corrected chi connectivity index (χ2v) is 8.75. The molecular weight excluding hydrogens is 446 g/mol. The third-order valence-electron chi connectivity index (χ3n) is 5.68. The molecule has 166 valence electrons. The van der Waals surface area contributed by atoms with Gasteiger partial charge in [-0.3, -0.25) is 9.78 Å². The van der Waals surface area contributed by atoms with Crippen LogP contribution in [0.25, 0.3) is 27.9 Å². The van der Waals surface area contributed by atoms with E-state index in [-0.39, 0.29) is 17.7 Å². The summed E-state index contributed by atoms with van der Waals surface area (Å²) in [5.41, 5.74) is 3.45. The lowest BCUT2D eigenvalue weighted by Gasteiger charge is -2.22. The smallest absolute Gasteiger partial charge is 0.253 e. The molecule has 2 aromatic carbocycles. The fourth-order valence-corrected chi connectivity index (χ4v) is 4.84. The van der Waals surface area contributed by atoms with Crippen LogP contribution in [0.4, 0.5) is 0 Å². The van der Waals surface area contributed by atoms with E-state index in [2.05, 4.69) is 10.1 Å². The maximum absolute atomic E-state index is 13.1. The molecule has 0 fully saturated rings. The van der Waals surface area contributed by atoms with Crippen LogP contribution in [-0.2, 0) is 4.79 Å². The van der Waals surface area contributed by atoms with Gasteiger partial charge in [0.2, 0.25) is 0 Å². The van der Waals surface area contributed by atoms with Crippen LogP contribution in [0, 0.1) is 0 Å². The van der Waals surface area contributed by atoms with Gasteiger partial charge in [-0.05, 0) is 29.8 Å². The number of nitrogens with zero attached hydrogens (tertiary/aromatic N) is 7. The van der Waals surface area contributed by atoms with Gasteiger partial charge in [0.05, 0.1) is 17.3 Å². The first kappa shape index (κ1) is 20.5. The standard InChI is InChI=1S/C25H19N7OS/c33-22(31-21(12-15-27-31)17-6-2-1-3-7-17)16-34-25-28-20-9-5-4-8-19(20)24-29-23(30-32(24)25)18-10-13-26-14-11-18/h1-11,13-15,21H,12,16H2/t21-/m0/s1. The van der Waals surface area contributed by atoms with Gasteiger partial charge in [0, 0.05) is 36.0 Å². The van der Waals surface area contributed by atoms with Gasteiger partial charge in [-0.2, -0.15) is 9.62 Å². The molecule has 0 spiro atoms. The molecule has 0 unspecified atom stereocenters. The van der Waals surface area contributed by atoms with E-state index >= 15 is 0 Å². The Morgan fingerprint density at radius 1 is 0.971 bits per heavy atom. The highest BCUT2D eigenvalue weighted by molar-refractivity contribution is 7.99. The average Bonchev–Trinajstić information content (AvgIpc) is 3.57.